The van der Waals surface area contributed by atoms with Crippen LogP contribution >= 0.6 is 15.9 Å². The van der Waals surface area contributed by atoms with Gasteiger partial charge in [0.05, 0.1) is 5.56 Å². The number of allylic oxidation sites excluding steroid dienone is 1. The molecule has 0 amide bonds. The molecule has 2 aliphatic rings. The van der Waals surface area contributed by atoms with E-state index in [9.17, 15) is 0 Å². The Morgan fingerprint density at radius 3 is 2.79 bits per heavy atom. The molecular weight excluding hydrogens is 380 g/mol. The fraction of sp³-hybridized carbons (Fsp3) is 0.444. The van der Waals surface area contributed by atoms with Gasteiger partial charge in [-0.2, -0.15) is 0 Å². The van der Waals surface area contributed by atoms with Crippen molar-refractivity contribution in [2.45, 2.75) is 32.5 Å². The Morgan fingerprint density at radius 1 is 1.38 bits per heavy atom. The van der Waals surface area contributed by atoms with Crippen molar-refractivity contribution >= 4 is 29.8 Å². The second-order valence-corrected chi connectivity index (χ2v) is 12.9. The molecule has 1 aliphatic carbocycles. The van der Waals surface area contributed by atoms with Gasteiger partial charge in [-0.3, -0.25) is 0 Å². The third-order valence-electron chi connectivity index (χ3n) is 4.04. The maximum Gasteiger partial charge on any atom is 0.198 e. The molecule has 0 radical (unpaired) electrons. The van der Waals surface area contributed by atoms with Crippen LogP contribution in [0.4, 0.5) is 5.82 Å². The van der Waals surface area contributed by atoms with Crippen molar-refractivity contribution in [3.05, 3.63) is 40.5 Å². The van der Waals surface area contributed by atoms with E-state index < -0.39 is 8.07 Å². The molecule has 1 aliphatic heterocycles. The minimum absolute atomic E-state index is 0.468. The van der Waals surface area contributed by atoms with Crippen LogP contribution in [0.3, 0.4) is 0 Å². The SMILES string of the molecule is C=C1CNC(Nc2nc(Br)ncc2C#C[Si](C)(C)C)=CC1C1CC1. The lowest BCUT2D eigenvalue weighted by Crippen LogP contribution is -2.30. The number of anilines is 1. The normalized spacial score (nSPS) is 20.6. The fourth-order valence-electron chi connectivity index (χ4n) is 2.62. The first-order chi connectivity index (χ1) is 11.3. The molecule has 1 aromatic heterocycles. The standard InChI is InChI=1S/C18H23BrN4Si/c1-12-10-20-16(9-15(12)13-5-6-13)22-17-14(7-8-24(2,3)4)11-21-18(19)23-17/h9,11,13,15,20H,1,5-6,10H2,2-4H3,(H,21,22,23). The number of hydrogen-bond donors (Lipinski definition) is 2. The highest BCUT2D eigenvalue weighted by Gasteiger charge is 2.33. The number of hydrogen-bond acceptors (Lipinski definition) is 4. The smallest absolute Gasteiger partial charge is 0.198 e. The van der Waals surface area contributed by atoms with Gasteiger partial charge >= 0.3 is 0 Å². The van der Waals surface area contributed by atoms with Crippen molar-refractivity contribution in [1.82, 2.24) is 15.3 Å². The summed E-state index contributed by atoms with van der Waals surface area (Å²) in [7, 11) is -1.45. The summed E-state index contributed by atoms with van der Waals surface area (Å²) in [5.74, 6) is 6.21. The molecule has 0 saturated heterocycles. The van der Waals surface area contributed by atoms with Crippen LogP contribution in [0.15, 0.2) is 35.0 Å². The van der Waals surface area contributed by atoms with Crippen LogP contribution in [-0.2, 0) is 0 Å². The Morgan fingerprint density at radius 2 is 2.12 bits per heavy atom. The molecule has 126 valence electrons. The Hall–Kier alpha value is -1.58. The molecule has 1 unspecified atom stereocenters. The minimum atomic E-state index is -1.45. The van der Waals surface area contributed by atoms with Crippen LogP contribution in [-0.4, -0.2) is 24.6 Å². The first-order valence-electron chi connectivity index (χ1n) is 8.28. The van der Waals surface area contributed by atoms with E-state index in [2.05, 4.69) is 80.3 Å². The summed E-state index contributed by atoms with van der Waals surface area (Å²) in [6.07, 6.45) is 6.63. The lowest BCUT2D eigenvalue weighted by molar-refractivity contribution is 0.594. The molecule has 0 bridgehead atoms. The highest BCUT2D eigenvalue weighted by Crippen LogP contribution is 2.42. The van der Waals surface area contributed by atoms with E-state index in [0.29, 0.717) is 10.7 Å². The van der Waals surface area contributed by atoms with E-state index in [0.717, 1.165) is 29.7 Å². The van der Waals surface area contributed by atoms with Gasteiger partial charge in [-0.1, -0.05) is 37.7 Å². The van der Waals surface area contributed by atoms with Gasteiger partial charge in [0.1, 0.15) is 13.9 Å². The summed E-state index contributed by atoms with van der Waals surface area (Å²) in [5.41, 5.74) is 5.48. The van der Waals surface area contributed by atoms with Crippen LogP contribution in [0.1, 0.15) is 18.4 Å². The van der Waals surface area contributed by atoms with E-state index in [1.54, 1.807) is 6.20 Å². The first-order valence-corrected chi connectivity index (χ1v) is 12.6. The molecule has 1 atom stereocenters. The van der Waals surface area contributed by atoms with Gasteiger partial charge in [-0.15, -0.1) is 5.54 Å². The molecule has 1 aromatic rings. The summed E-state index contributed by atoms with van der Waals surface area (Å²) >= 11 is 3.35. The van der Waals surface area contributed by atoms with Crippen LogP contribution in [0, 0.1) is 23.3 Å². The molecule has 3 rings (SSSR count). The van der Waals surface area contributed by atoms with E-state index in [1.165, 1.54) is 18.4 Å². The van der Waals surface area contributed by atoms with Gasteiger partial charge < -0.3 is 10.6 Å². The zero-order valence-corrected chi connectivity index (χ0v) is 17.0. The molecule has 4 nitrogen and oxygen atoms in total. The van der Waals surface area contributed by atoms with Crippen LogP contribution in [0.25, 0.3) is 0 Å². The molecule has 0 aromatic carbocycles. The van der Waals surface area contributed by atoms with Crippen LogP contribution < -0.4 is 10.6 Å². The highest BCUT2D eigenvalue weighted by molar-refractivity contribution is 9.10. The molecule has 2 heterocycles. The zero-order chi connectivity index (χ0) is 17.3. The maximum atomic E-state index is 4.48. The van der Waals surface area contributed by atoms with Crippen molar-refractivity contribution in [2.24, 2.45) is 11.8 Å². The lowest BCUT2D eigenvalue weighted by atomic mass is 9.92. The summed E-state index contributed by atoms with van der Waals surface area (Å²) in [5, 5.41) is 6.78. The summed E-state index contributed by atoms with van der Waals surface area (Å²) < 4.78 is 0.558. The summed E-state index contributed by atoms with van der Waals surface area (Å²) in [6, 6.07) is 0. The average molecular weight is 403 g/mol. The second kappa shape index (κ2) is 6.73. The average Bonchev–Trinajstić information content (AvgIpc) is 3.32. The Kier molecular flexibility index (Phi) is 4.84. The van der Waals surface area contributed by atoms with Crippen molar-refractivity contribution < 1.29 is 0 Å². The van der Waals surface area contributed by atoms with Gasteiger partial charge in [-0.05, 0) is 40.8 Å². The Balaban J connectivity index is 1.86. The zero-order valence-electron chi connectivity index (χ0n) is 14.4. The molecule has 1 fully saturated rings. The van der Waals surface area contributed by atoms with Crippen molar-refractivity contribution in [3.63, 3.8) is 0 Å². The van der Waals surface area contributed by atoms with Gasteiger partial charge in [0, 0.05) is 18.7 Å². The van der Waals surface area contributed by atoms with Gasteiger partial charge in [0.2, 0.25) is 0 Å². The predicted molar refractivity (Wildman–Crippen MR) is 105 cm³/mol. The molecule has 2 N–H and O–H groups in total. The van der Waals surface area contributed by atoms with Crippen LogP contribution in [0.2, 0.25) is 19.6 Å². The van der Waals surface area contributed by atoms with E-state index in [-0.39, 0.29) is 0 Å². The number of halogens is 1. The molecule has 6 heteroatoms. The monoisotopic (exact) mass is 402 g/mol. The van der Waals surface area contributed by atoms with Crippen LogP contribution in [0.5, 0.6) is 0 Å². The lowest BCUT2D eigenvalue weighted by Gasteiger charge is -2.26. The van der Waals surface area contributed by atoms with Gasteiger partial charge in [-0.25, -0.2) is 9.97 Å². The number of aromatic nitrogens is 2. The third kappa shape index (κ3) is 4.49. The first kappa shape index (κ1) is 17.2. The summed E-state index contributed by atoms with van der Waals surface area (Å²) in [6.45, 7) is 11.7. The van der Waals surface area contributed by atoms with E-state index >= 15 is 0 Å². The predicted octanol–water partition coefficient (Wildman–Crippen LogP) is 3.91. The number of nitrogens with one attached hydrogen (secondary N) is 2. The van der Waals surface area contributed by atoms with Gasteiger partial charge in [0.25, 0.3) is 0 Å². The maximum absolute atomic E-state index is 4.48. The minimum Gasteiger partial charge on any atom is -0.368 e. The van der Waals surface area contributed by atoms with E-state index in [4.69, 9.17) is 0 Å². The Bertz CT molecular complexity index is 751. The van der Waals surface area contributed by atoms with Crippen molar-refractivity contribution in [3.8, 4) is 11.5 Å². The van der Waals surface area contributed by atoms with Gasteiger partial charge in [0.15, 0.2) is 10.6 Å². The van der Waals surface area contributed by atoms with Crippen molar-refractivity contribution in [2.75, 3.05) is 11.9 Å². The molecule has 0 spiro atoms. The highest BCUT2D eigenvalue weighted by atomic mass is 79.9. The van der Waals surface area contributed by atoms with Crippen molar-refractivity contribution in [1.29, 1.82) is 0 Å². The van der Waals surface area contributed by atoms with E-state index in [1.807, 2.05) is 0 Å². The fourth-order valence-corrected chi connectivity index (χ4v) is 3.41. The quantitative estimate of drug-likeness (QED) is 0.348. The third-order valence-corrected chi connectivity index (χ3v) is 5.30. The topological polar surface area (TPSA) is 49.8 Å². The summed E-state index contributed by atoms with van der Waals surface area (Å²) in [4.78, 5) is 8.70. The molecule has 1 saturated carbocycles. The number of rotatable bonds is 3. The molecule has 24 heavy (non-hydrogen) atoms. The number of nitrogens with zero attached hydrogens (tertiary/aromatic N) is 2. The Labute approximate surface area is 153 Å². The molecular formula is C18H23BrN4Si. The second-order valence-electron chi connectivity index (χ2n) is 7.48. The largest absolute Gasteiger partial charge is 0.368 e.